The Morgan fingerprint density at radius 1 is 0.564 bits per heavy atom. The Morgan fingerprint density at radius 3 is 1.16 bits per heavy atom. The molecule has 55 heavy (non-hydrogen) atoms. The third-order valence-electron chi connectivity index (χ3n) is 10.7. The molecule has 0 aliphatic carbocycles. The van der Waals surface area contributed by atoms with Crippen LogP contribution in [-0.4, -0.2) is 94.3 Å². The van der Waals surface area contributed by atoms with Crippen molar-refractivity contribution in [3.8, 4) is 0 Å². The van der Waals surface area contributed by atoms with E-state index < -0.39 is 76.9 Å². The fraction of sp³-hybridized carbons (Fsp3) is 0.657. The van der Waals surface area contributed by atoms with Gasteiger partial charge in [-0.1, -0.05) is 23.4 Å². The average molecular weight is 883 g/mol. The summed E-state index contributed by atoms with van der Waals surface area (Å²) < 4.78 is 109. The maximum absolute atomic E-state index is 14.1. The minimum atomic E-state index is -3.69. The summed E-state index contributed by atoms with van der Waals surface area (Å²) in [5.41, 5.74) is -2.85. The quantitative estimate of drug-likeness (QED) is 0.357. The summed E-state index contributed by atoms with van der Waals surface area (Å²) in [5.74, 6) is -1.53. The average Bonchev–Trinajstić information content (AvgIpc) is 3.45. The SMILES string of the molecule is C.CC1(C)OB(B2OC(C)(C)C(C)(C)O2)OC1(C)C.CC1(C)OB(c2cc(F)c(CO)c(S(C)(=O)=O)c2)OC1(C)C.CS(=O)(=O)c1cc(Br)cc(F)c1CO. The molecule has 3 fully saturated rings. The van der Waals surface area contributed by atoms with Crippen molar-refractivity contribution in [1.29, 1.82) is 0 Å². The van der Waals surface area contributed by atoms with Crippen LogP contribution in [0.4, 0.5) is 8.78 Å². The molecule has 0 radical (unpaired) electrons. The molecule has 2 N–H and O–H groups in total. The molecule has 310 valence electrons. The third kappa shape index (κ3) is 10.8. The van der Waals surface area contributed by atoms with Crippen molar-refractivity contribution in [2.75, 3.05) is 12.5 Å². The fourth-order valence-corrected chi connectivity index (χ4v) is 7.79. The minimum absolute atomic E-state index is 0. The lowest BCUT2D eigenvalue weighted by Crippen LogP contribution is -2.41. The number of rotatable bonds is 6. The Labute approximate surface area is 335 Å². The molecule has 12 nitrogen and oxygen atoms in total. The van der Waals surface area contributed by atoms with Gasteiger partial charge in [-0.3, -0.25) is 0 Å². The summed E-state index contributed by atoms with van der Waals surface area (Å²) in [6, 6.07) is 4.82. The number of hydrogen-bond acceptors (Lipinski definition) is 12. The zero-order valence-electron chi connectivity index (χ0n) is 33.4. The molecule has 0 unspecified atom stereocenters. The van der Waals surface area contributed by atoms with Crippen LogP contribution in [0.3, 0.4) is 0 Å². The second-order valence-corrected chi connectivity index (χ2v) is 21.4. The van der Waals surface area contributed by atoms with Gasteiger partial charge in [-0.2, -0.15) is 0 Å². The number of aliphatic hydroxyl groups excluding tert-OH is 2. The van der Waals surface area contributed by atoms with Crippen LogP contribution >= 0.6 is 15.9 Å². The van der Waals surface area contributed by atoms with Crippen LogP contribution < -0.4 is 5.46 Å². The van der Waals surface area contributed by atoms with E-state index in [1.807, 2.05) is 83.1 Å². The predicted octanol–water partition coefficient (Wildman–Crippen LogP) is 5.39. The first-order valence-electron chi connectivity index (χ1n) is 17.1. The van der Waals surface area contributed by atoms with E-state index in [1.165, 1.54) is 12.1 Å². The number of hydrogen-bond donors (Lipinski definition) is 2. The zero-order valence-corrected chi connectivity index (χ0v) is 36.6. The van der Waals surface area contributed by atoms with Gasteiger partial charge in [0.1, 0.15) is 11.6 Å². The van der Waals surface area contributed by atoms with Crippen molar-refractivity contribution in [2.45, 2.75) is 147 Å². The monoisotopic (exact) mass is 882 g/mol. The Kier molecular flexibility index (Phi) is 15.1. The summed E-state index contributed by atoms with van der Waals surface area (Å²) in [5, 5.41) is 18.1. The van der Waals surface area contributed by atoms with Crippen LogP contribution in [-0.2, 0) is 60.8 Å². The number of halogens is 3. The van der Waals surface area contributed by atoms with Crippen LogP contribution in [0.1, 0.15) is 102 Å². The highest BCUT2D eigenvalue weighted by Gasteiger charge is 2.63. The van der Waals surface area contributed by atoms with Gasteiger partial charge in [0, 0.05) is 28.1 Å². The molecule has 3 heterocycles. The molecule has 3 aliphatic rings. The van der Waals surface area contributed by atoms with Crippen LogP contribution in [0.15, 0.2) is 38.5 Å². The van der Waals surface area contributed by atoms with Crippen molar-refractivity contribution < 1.29 is 63.8 Å². The summed E-state index contributed by atoms with van der Waals surface area (Å²) in [6.45, 7) is 22.3. The molecular weight excluding hydrogens is 827 g/mol. The maximum Gasteiger partial charge on any atom is 0.494 e. The van der Waals surface area contributed by atoms with Crippen LogP contribution in [0, 0.1) is 11.6 Å². The molecule has 0 amide bonds. The molecule has 0 aromatic heterocycles. The first-order chi connectivity index (χ1) is 24.1. The molecule has 3 saturated heterocycles. The van der Waals surface area contributed by atoms with Crippen LogP contribution in [0.2, 0.25) is 0 Å². The molecule has 0 spiro atoms. The Hall–Kier alpha value is -1.45. The zero-order chi connectivity index (χ0) is 41.8. The second-order valence-electron chi connectivity index (χ2n) is 16.5. The second kappa shape index (κ2) is 16.7. The predicted molar refractivity (Wildman–Crippen MR) is 213 cm³/mol. The van der Waals surface area contributed by atoms with Gasteiger partial charge in [0.2, 0.25) is 0 Å². The van der Waals surface area contributed by atoms with Crippen molar-refractivity contribution in [1.82, 2.24) is 0 Å². The van der Waals surface area contributed by atoms with E-state index in [9.17, 15) is 30.7 Å². The number of benzene rings is 2. The summed E-state index contributed by atoms with van der Waals surface area (Å²) >= 11 is 2.98. The van der Waals surface area contributed by atoms with E-state index in [0.29, 0.717) is 4.47 Å². The van der Waals surface area contributed by atoms with Crippen LogP contribution in [0.5, 0.6) is 0 Å². The van der Waals surface area contributed by atoms with Crippen LogP contribution in [0.25, 0.3) is 0 Å². The van der Waals surface area contributed by atoms with Crippen molar-refractivity contribution in [3.63, 3.8) is 0 Å². The highest BCUT2D eigenvalue weighted by Crippen LogP contribution is 2.43. The summed E-state index contributed by atoms with van der Waals surface area (Å²) in [7, 11) is -9.03. The molecule has 0 bridgehead atoms. The van der Waals surface area contributed by atoms with Gasteiger partial charge in [0.15, 0.2) is 19.7 Å². The van der Waals surface area contributed by atoms with E-state index in [4.69, 9.17) is 33.0 Å². The molecule has 0 atom stereocenters. The smallest absolute Gasteiger partial charge is 0.405 e. The fourth-order valence-electron chi connectivity index (χ4n) is 5.29. The largest absolute Gasteiger partial charge is 0.494 e. The Morgan fingerprint density at radius 2 is 0.855 bits per heavy atom. The van der Waals surface area contributed by atoms with Gasteiger partial charge < -0.3 is 38.1 Å². The van der Waals surface area contributed by atoms with Gasteiger partial charge in [0.25, 0.3) is 0 Å². The topological polar surface area (TPSA) is 164 Å². The van der Waals surface area contributed by atoms with E-state index >= 15 is 0 Å². The van der Waals surface area contributed by atoms with Crippen molar-refractivity contribution in [2.24, 2.45) is 0 Å². The highest BCUT2D eigenvalue weighted by atomic mass is 79.9. The summed E-state index contributed by atoms with van der Waals surface area (Å²) in [4.78, 5) is -0.438. The maximum atomic E-state index is 14.1. The van der Waals surface area contributed by atoms with Gasteiger partial charge in [-0.15, -0.1) is 0 Å². The molecule has 2 aromatic rings. The van der Waals surface area contributed by atoms with E-state index in [2.05, 4.69) is 15.9 Å². The van der Waals surface area contributed by atoms with E-state index in [0.717, 1.165) is 24.6 Å². The van der Waals surface area contributed by atoms with E-state index in [1.54, 1.807) is 0 Å². The molecule has 2 aromatic carbocycles. The molecule has 3 aliphatic heterocycles. The molecular formula is C35H56B3BrF2O12S2. The van der Waals surface area contributed by atoms with Crippen molar-refractivity contribution >= 4 is 62.2 Å². The molecule has 5 rings (SSSR count). The Balaban J connectivity index is 0.000000290. The lowest BCUT2D eigenvalue weighted by atomic mass is 9.49. The van der Waals surface area contributed by atoms with E-state index in [-0.39, 0.29) is 56.2 Å². The minimum Gasteiger partial charge on any atom is -0.405 e. The standard InChI is InChI=1S/C14H20BFO5S.C12H24B2O4.C8H8BrFO3S.CH4/c1-13(2)14(3,4)21-15(20-13)9-6-11(16)10(8-17)12(7-9)22(5,18)19;1-9(2)10(3,4)16-13(15-9)14-17-11(5,6)12(7,8)18-14;1-14(12,13)8-3-5(9)2-7(10)6(8)4-11;/h6-7,17H,8H2,1-5H3;1-8H3;2-3,11H,4H2,1H3;1H4. The van der Waals surface area contributed by atoms with Gasteiger partial charge in [-0.05, 0) is 113 Å². The molecule has 20 heteroatoms. The van der Waals surface area contributed by atoms with Gasteiger partial charge in [0.05, 0.1) is 56.6 Å². The molecule has 0 saturated carbocycles. The Bertz CT molecular complexity index is 1860. The van der Waals surface area contributed by atoms with Crippen molar-refractivity contribution in [3.05, 3.63) is 51.5 Å². The van der Waals surface area contributed by atoms with Gasteiger partial charge >= 0.3 is 21.1 Å². The number of aliphatic hydroxyl groups is 2. The van der Waals surface area contributed by atoms with Gasteiger partial charge in [-0.25, -0.2) is 25.6 Å². The first-order valence-corrected chi connectivity index (χ1v) is 21.7. The lowest BCUT2D eigenvalue weighted by Gasteiger charge is -2.32. The number of sulfone groups is 2. The lowest BCUT2D eigenvalue weighted by molar-refractivity contribution is 0.00578. The first kappa shape index (κ1) is 49.7. The summed E-state index contributed by atoms with van der Waals surface area (Å²) in [6.07, 6.45) is 1.93. The highest BCUT2D eigenvalue weighted by molar-refractivity contribution is 9.10. The normalized spacial score (nSPS) is 21.6. The third-order valence-corrected chi connectivity index (χ3v) is 13.5.